The Morgan fingerprint density at radius 3 is 1.93 bits per heavy atom. The van der Waals surface area contributed by atoms with Crippen LogP contribution in [0.5, 0.6) is 0 Å². The van der Waals surface area contributed by atoms with E-state index in [1.807, 2.05) is 12.1 Å². The van der Waals surface area contributed by atoms with Crippen molar-refractivity contribution in [1.82, 2.24) is 0 Å². The molecule has 0 aliphatic carbocycles. The van der Waals surface area contributed by atoms with Gasteiger partial charge in [-0.25, -0.2) is 0 Å². The molecule has 0 saturated carbocycles. The molecule has 0 radical (unpaired) electrons. The van der Waals surface area contributed by atoms with E-state index in [2.05, 4.69) is 17.0 Å². The molecule has 1 heterocycles. The Balaban J connectivity index is 0.000000845. The third-order valence-electron chi connectivity index (χ3n) is 2.36. The Hall–Kier alpha value is -0.995. The van der Waals surface area contributed by atoms with E-state index >= 15 is 0 Å². The molecule has 0 spiro atoms. The van der Waals surface area contributed by atoms with Gasteiger partial charge in [0.15, 0.2) is 0 Å². The molecule has 0 aromatic heterocycles. The molecule has 0 amide bonds. The Bertz CT molecular complexity index is 257. The van der Waals surface area contributed by atoms with E-state index < -0.39 is 0 Å². The van der Waals surface area contributed by atoms with E-state index in [-0.39, 0.29) is 11.0 Å². The first-order chi connectivity index (χ1) is 5.86. The van der Waals surface area contributed by atoms with Crippen LogP contribution in [0.4, 0.5) is 5.69 Å². The summed E-state index contributed by atoms with van der Waals surface area (Å²) >= 11 is 0. The second-order valence-corrected chi connectivity index (χ2v) is 3.29. The average Bonchev–Trinajstić information content (AvgIpc) is 2.58. The summed E-state index contributed by atoms with van der Waals surface area (Å²) in [7, 11) is 5.61. The first-order valence-corrected chi connectivity index (χ1v) is 4.47. The van der Waals surface area contributed by atoms with Gasteiger partial charge in [0.25, 0.3) is 0 Å². The van der Waals surface area contributed by atoms with Crippen molar-refractivity contribution < 1.29 is 11.0 Å². The molecule has 1 aromatic rings. The van der Waals surface area contributed by atoms with Crippen molar-refractivity contribution in [2.75, 3.05) is 18.0 Å². The number of hydrogen-bond donors (Lipinski definition) is 0. The summed E-state index contributed by atoms with van der Waals surface area (Å²) in [6, 6.07) is 8.13. The van der Waals surface area contributed by atoms with Gasteiger partial charge in [-0.15, -0.1) is 0 Å². The van der Waals surface area contributed by atoms with Gasteiger partial charge in [0.2, 0.25) is 0 Å². The third kappa shape index (κ3) is 2.75. The molecular formula is C10H14BNO2. The van der Waals surface area contributed by atoms with E-state index in [1.54, 1.807) is 0 Å². The van der Waals surface area contributed by atoms with Gasteiger partial charge in [0.05, 0.1) is 0 Å². The van der Waals surface area contributed by atoms with E-state index in [1.165, 1.54) is 31.6 Å². The molecule has 1 aliphatic rings. The van der Waals surface area contributed by atoms with Crippen molar-refractivity contribution in [2.45, 2.75) is 12.8 Å². The number of rotatable bonds is 1. The van der Waals surface area contributed by atoms with E-state index in [4.69, 9.17) is 7.85 Å². The largest absolute Gasteiger partial charge is 0.870 e. The zero-order valence-electron chi connectivity index (χ0n) is 8.06. The van der Waals surface area contributed by atoms with Crippen molar-refractivity contribution in [3.05, 3.63) is 24.3 Å². The summed E-state index contributed by atoms with van der Waals surface area (Å²) in [4.78, 5) is 2.40. The molecule has 1 aromatic carbocycles. The Labute approximate surface area is 85.8 Å². The summed E-state index contributed by atoms with van der Waals surface area (Å²) in [6.07, 6.45) is 2.65. The summed E-state index contributed by atoms with van der Waals surface area (Å²) in [6.45, 7) is 2.40. The second-order valence-electron chi connectivity index (χ2n) is 3.29. The molecule has 0 atom stereocenters. The topological polar surface area (TPSA) is 63.2 Å². The minimum absolute atomic E-state index is 0. The third-order valence-corrected chi connectivity index (χ3v) is 2.36. The molecule has 2 rings (SSSR count). The van der Waals surface area contributed by atoms with Crippen LogP contribution in [0.25, 0.3) is 0 Å². The van der Waals surface area contributed by atoms with Gasteiger partial charge in [-0.3, -0.25) is 0 Å². The van der Waals surface area contributed by atoms with Gasteiger partial charge in [0, 0.05) is 0 Å². The smallest absolute Gasteiger partial charge is 0.870 e. The average molecular weight is 191 g/mol. The molecule has 1 fully saturated rings. The quantitative estimate of drug-likeness (QED) is 0.614. The second kappa shape index (κ2) is 5.68. The molecular weight excluding hydrogens is 177 g/mol. The fourth-order valence-electron chi connectivity index (χ4n) is 1.66. The minimum atomic E-state index is 0. The zero-order chi connectivity index (χ0) is 8.39. The molecule has 14 heavy (non-hydrogen) atoms. The zero-order valence-corrected chi connectivity index (χ0v) is 8.06. The maximum Gasteiger partial charge on any atom is -0.870 e. The first-order valence-electron chi connectivity index (χ1n) is 4.47. The van der Waals surface area contributed by atoms with Gasteiger partial charge >= 0.3 is 74.1 Å². The Morgan fingerprint density at radius 2 is 1.43 bits per heavy atom. The molecule has 4 heteroatoms. The van der Waals surface area contributed by atoms with Crippen molar-refractivity contribution in [1.29, 1.82) is 0 Å². The Kier molecular flexibility index (Phi) is 5.27. The van der Waals surface area contributed by atoms with E-state index in [9.17, 15) is 0 Å². The SMILES string of the molecule is [B+2]c1ccc(N2CCCC2)cc1.[OH-].[OH-]. The fourth-order valence-corrected chi connectivity index (χ4v) is 1.66. The standard InChI is InChI=1S/C10H12BN.2H2O/c11-9-3-5-10(6-4-9)12-7-1-2-8-12;;/h3-6H,1-2,7-8H2;2*1H2/q+2;;/p-2. The molecule has 74 valence electrons. The van der Waals surface area contributed by atoms with Gasteiger partial charge in [-0.05, 0) is 0 Å². The number of anilines is 1. The van der Waals surface area contributed by atoms with Crippen molar-refractivity contribution in [3.8, 4) is 0 Å². The normalized spacial score (nSPS) is 14.6. The van der Waals surface area contributed by atoms with Crippen LogP contribution in [0.3, 0.4) is 0 Å². The van der Waals surface area contributed by atoms with E-state index in [0.29, 0.717) is 0 Å². The van der Waals surface area contributed by atoms with Crippen LogP contribution in [0.2, 0.25) is 0 Å². The van der Waals surface area contributed by atoms with Gasteiger partial charge < -0.3 is 11.0 Å². The molecule has 1 aliphatic heterocycles. The van der Waals surface area contributed by atoms with Crippen LogP contribution < -0.4 is 10.4 Å². The Morgan fingerprint density at radius 1 is 0.929 bits per heavy atom. The monoisotopic (exact) mass is 191 g/mol. The molecule has 0 bridgehead atoms. The summed E-state index contributed by atoms with van der Waals surface area (Å²) < 4.78 is 0. The molecule has 0 unspecified atom stereocenters. The number of nitrogens with zero attached hydrogens (tertiary/aromatic N) is 1. The maximum atomic E-state index is 5.61. The molecule has 2 N–H and O–H groups in total. The summed E-state index contributed by atoms with van der Waals surface area (Å²) in [5, 5.41) is 0. The van der Waals surface area contributed by atoms with Crippen molar-refractivity contribution in [2.24, 2.45) is 0 Å². The molecule has 1 saturated heterocycles. The van der Waals surface area contributed by atoms with Crippen LogP contribution >= 0.6 is 0 Å². The number of hydrogen-bond acceptors (Lipinski definition) is 3. The summed E-state index contributed by atoms with van der Waals surface area (Å²) in [5.74, 6) is 0. The predicted octanol–water partition coefficient (Wildman–Crippen LogP) is 0.727. The van der Waals surface area contributed by atoms with Gasteiger partial charge in [-0.2, -0.15) is 0 Å². The van der Waals surface area contributed by atoms with Crippen LogP contribution in [0.1, 0.15) is 12.8 Å². The van der Waals surface area contributed by atoms with Gasteiger partial charge in [0.1, 0.15) is 0 Å². The summed E-state index contributed by atoms with van der Waals surface area (Å²) in [5.41, 5.74) is 2.15. The predicted molar refractivity (Wildman–Crippen MR) is 57.1 cm³/mol. The number of benzene rings is 1. The van der Waals surface area contributed by atoms with Crippen LogP contribution in [-0.4, -0.2) is 31.9 Å². The first kappa shape index (κ1) is 13.0. The van der Waals surface area contributed by atoms with Crippen LogP contribution in [-0.2, 0) is 0 Å². The van der Waals surface area contributed by atoms with E-state index in [0.717, 1.165) is 5.46 Å². The van der Waals surface area contributed by atoms with Gasteiger partial charge in [-0.1, -0.05) is 0 Å². The van der Waals surface area contributed by atoms with Crippen LogP contribution in [0.15, 0.2) is 24.3 Å². The maximum absolute atomic E-state index is 5.61. The van der Waals surface area contributed by atoms with Crippen LogP contribution in [0, 0.1) is 0 Å². The molecule has 3 nitrogen and oxygen atoms in total. The van der Waals surface area contributed by atoms with Crippen molar-refractivity contribution in [3.63, 3.8) is 0 Å². The minimum Gasteiger partial charge on any atom is -0.870 e. The fraction of sp³-hybridized carbons (Fsp3) is 0.400. The van der Waals surface area contributed by atoms with Crippen molar-refractivity contribution >= 4 is 19.0 Å².